The molecule has 0 saturated heterocycles. The van der Waals surface area contributed by atoms with Crippen molar-refractivity contribution in [3.63, 3.8) is 0 Å². The number of benzene rings is 2. The van der Waals surface area contributed by atoms with Crippen molar-refractivity contribution in [2.45, 2.75) is 6.92 Å². The molecule has 0 aliphatic rings. The second kappa shape index (κ2) is 3.67. The van der Waals surface area contributed by atoms with E-state index in [1.54, 1.807) is 6.07 Å². The van der Waals surface area contributed by atoms with Gasteiger partial charge in [-0.1, -0.05) is 35.9 Å². The lowest BCUT2D eigenvalue weighted by atomic mass is 10.1. The fourth-order valence-corrected chi connectivity index (χ4v) is 2.03. The molecule has 0 unspecified atom stereocenters. The fourth-order valence-electron chi connectivity index (χ4n) is 2.03. The molecular weight excluding hydrogens is 210 g/mol. The van der Waals surface area contributed by atoms with Crippen molar-refractivity contribution in [2.24, 2.45) is 0 Å². The first-order valence-corrected chi connectivity index (χ1v) is 5.62. The molecule has 0 spiro atoms. The van der Waals surface area contributed by atoms with Crippen LogP contribution in [0.15, 0.2) is 48.5 Å². The maximum atomic E-state index is 9.76. The third-order valence-electron chi connectivity index (χ3n) is 3.00. The standard InChI is InChI=1S/C15H13NO/c1-10-5-7-11(8-6-10)14-9-12-13(16-14)3-2-4-15(12)17/h2-9,16-17H,1H3. The van der Waals surface area contributed by atoms with Crippen LogP contribution in [0.5, 0.6) is 5.75 Å². The third-order valence-corrected chi connectivity index (χ3v) is 3.00. The molecule has 2 aromatic carbocycles. The van der Waals surface area contributed by atoms with Gasteiger partial charge in [-0.3, -0.25) is 0 Å². The van der Waals surface area contributed by atoms with Crippen LogP contribution in [-0.2, 0) is 0 Å². The van der Waals surface area contributed by atoms with Gasteiger partial charge in [-0.15, -0.1) is 0 Å². The molecule has 0 atom stereocenters. The summed E-state index contributed by atoms with van der Waals surface area (Å²) in [6.07, 6.45) is 0. The Kier molecular flexibility index (Phi) is 2.15. The smallest absolute Gasteiger partial charge is 0.124 e. The number of fused-ring (bicyclic) bond motifs is 1. The Labute approximate surface area is 99.5 Å². The number of aromatic amines is 1. The van der Waals surface area contributed by atoms with Crippen LogP contribution >= 0.6 is 0 Å². The third kappa shape index (κ3) is 1.68. The fraction of sp³-hybridized carbons (Fsp3) is 0.0667. The summed E-state index contributed by atoms with van der Waals surface area (Å²) in [5.41, 5.74) is 4.36. The lowest BCUT2D eigenvalue weighted by molar-refractivity contribution is 0.482. The Hall–Kier alpha value is -2.22. The Morgan fingerprint density at radius 1 is 1.00 bits per heavy atom. The van der Waals surface area contributed by atoms with Gasteiger partial charge in [-0.2, -0.15) is 0 Å². The molecule has 0 fully saturated rings. The molecule has 1 aromatic heterocycles. The molecule has 0 radical (unpaired) electrons. The summed E-state index contributed by atoms with van der Waals surface area (Å²) in [4.78, 5) is 3.31. The molecule has 3 aromatic rings. The number of phenolic OH excluding ortho intramolecular Hbond substituents is 1. The second-order valence-corrected chi connectivity index (χ2v) is 4.29. The zero-order valence-electron chi connectivity index (χ0n) is 9.57. The molecule has 0 amide bonds. The summed E-state index contributed by atoms with van der Waals surface area (Å²) in [5, 5.41) is 10.6. The van der Waals surface area contributed by atoms with Crippen LogP contribution in [0.3, 0.4) is 0 Å². The predicted molar refractivity (Wildman–Crippen MR) is 70.1 cm³/mol. The van der Waals surface area contributed by atoms with E-state index in [0.717, 1.165) is 22.2 Å². The number of rotatable bonds is 1. The number of nitrogens with one attached hydrogen (secondary N) is 1. The SMILES string of the molecule is Cc1ccc(-c2cc3c(O)cccc3[nH]2)cc1. The number of aromatic hydroxyl groups is 1. The second-order valence-electron chi connectivity index (χ2n) is 4.29. The van der Waals surface area contributed by atoms with Crippen molar-refractivity contribution < 1.29 is 5.11 Å². The van der Waals surface area contributed by atoms with Crippen molar-refractivity contribution in [1.82, 2.24) is 4.98 Å². The van der Waals surface area contributed by atoms with Crippen LogP contribution in [0.1, 0.15) is 5.56 Å². The lowest BCUT2D eigenvalue weighted by Crippen LogP contribution is -1.77. The van der Waals surface area contributed by atoms with Gasteiger partial charge in [0, 0.05) is 16.6 Å². The molecule has 0 saturated carbocycles. The van der Waals surface area contributed by atoms with Crippen LogP contribution in [0, 0.1) is 6.92 Å². The number of aromatic nitrogens is 1. The van der Waals surface area contributed by atoms with E-state index in [4.69, 9.17) is 0 Å². The summed E-state index contributed by atoms with van der Waals surface area (Å²) >= 11 is 0. The summed E-state index contributed by atoms with van der Waals surface area (Å²) < 4.78 is 0. The van der Waals surface area contributed by atoms with Crippen molar-refractivity contribution in [3.05, 3.63) is 54.1 Å². The van der Waals surface area contributed by atoms with Crippen molar-refractivity contribution in [2.75, 3.05) is 0 Å². The molecule has 0 bridgehead atoms. The van der Waals surface area contributed by atoms with Gasteiger partial charge in [-0.05, 0) is 30.7 Å². The highest BCUT2D eigenvalue weighted by Gasteiger charge is 2.05. The Bertz CT molecular complexity index is 665. The first-order valence-electron chi connectivity index (χ1n) is 5.62. The predicted octanol–water partition coefficient (Wildman–Crippen LogP) is 3.85. The molecule has 0 aliphatic heterocycles. The highest BCUT2D eigenvalue weighted by molar-refractivity contribution is 5.90. The van der Waals surface area contributed by atoms with E-state index in [9.17, 15) is 5.11 Å². The van der Waals surface area contributed by atoms with Crippen LogP contribution in [0.2, 0.25) is 0 Å². The van der Waals surface area contributed by atoms with Crippen molar-refractivity contribution >= 4 is 10.9 Å². The van der Waals surface area contributed by atoms with Crippen molar-refractivity contribution in [1.29, 1.82) is 0 Å². The highest BCUT2D eigenvalue weighted by Crippen LogP contribution is 2.29. The lowest BCUT2D eigenvalue weighted by Gasteiger charge is -1.97. The molecule has 2 heteroatoms. The van der Waals surface area contributed by atoms with Crippen LogP contribution in [-0.4, -0.2) is 10.1 Å². The topological polar surface area (TPSA) is 36.0 Å². The first-order chi connectivity index (χ1) is 8.24. The van der Waals surface area contributed by atoms with Gasteiger partial charge in [0.05, 0.1) is 0 Å². The number of hydrogen-bond donors (Lipinski definition) is 2. The van der Waals surface area contributed by atoms with Gasteiger partial charge in [-0.25, -0.2) is 0 Å². The zero-order valence-corrected chi connectivity index (χ0v) is 9.57. The molecule has 1 heterocycles. The minimum Gasteiger partial charge on any atom is -0.507 e. The number of H-pyrrole nitrogens is 1. The molecule has 2 nitrogen and oxygen atoms in total. The monoisotopic (exact) mass is 223 g/mol. The highest BCUT2D eigenvalue weighted by atomic mass is 16.3. The van der Waals surface area contributed by atoms with E-state index < -0.39 is 0 Å². The van der Waals surface area contributed by atoms with E-state index in [-0.39, 0.29) is 0 Å². The van der Waals surface area contributed by atoms with Gasteiger partial charge < -0.3 is 10.1 Å². The number of hydrogen-bond acceptors (Lipinski definition) is 1. The Morgan fingerprint density at radius 2 is 1.76 bits per heavy atom. The Balaban J connectivity index is 2.18. The van der Waals surface area contributed by atoms with Gasteiger partial charge in [0.15, 0.2) is 0 Å². The van der Waals surface area contributed by atoms with Gasteiger partial charge in [0.25, 0.3) is 0 Å². The maximum Gasteiger partial charge on any atom is 0.124 e. The van der Waals surface area contributed by atoms with E-state index in [0.29, 0.717) is 5.75 Å². The van der Waals surface area contributed by atoms with Crippen LogP contribution in [0.4, 0.5) is 0 Å². The molecule has 17 heavy (non-hydrogen) atoms. The molecule has 3 rings (SSSR count). The van der Waals surface area contributed by atoms with Gasteiger partial charge >= 0.3 is 0 Å². The first kappa shape index (κ1) is 9.97. The zero-order chi connectivity index (χ0) is 11.8. The largest absolute Gasteiger partial charge is 0.507 e. The average molecular weight is 223 g/mol. The molecular formula is C15H13NO. The molecule has 2 N–H and O–H groups in total. The normalized spacial score (nSPS) is 10.9. The van der Waals surface area contributed by atoms with E-state index in [1.807, 2.05) is 18.2 Å². The van der Waals surface area contributed by atoms with Gasteiger partial charge in [0.2, 0.25) is 0 Å². The molecule has 0 aliphatic carbocycles. The quantitative estimate of drug-likeness (QED) is 0.645. The molecule has 84 valence electrons. The van der Waals surface area contributed by atoms with Gasteiger partial charge in [0.1, 0.15) is 5.75 Å². The summed E-state index contributed by atoms with van der Waals surface area (Å²) in [6.45, 7) is 2.07. The number of aryl methyl sites for hydroxylation is 1. The van der Waals surface area contributed by atoms with Crippen LogP contribution < -0.4 is 0 Å². The van der Waals surface area contributed by atoms with E-state index in [2.05, 4.69) is 36.2 Å². The maximum absolute atomic E-state index is 9.76. The number of phenols is 1. The summed E-state index contributed by atoms with van der Waals surface area (Å²) in [6, 6.07) is 15.8. The average Bonchev–Trinajstić information content (AvgIpc) is 2.75. The summed E-state index contributed by atoms with van der Waals surface area (Å²) in [7, 11) is 0. The minimum absolute atomic E-state index is 0.317. The van der Waals surface area contributed by atoms with Crippen LogP contribution in [0.25, 0.3) is 22.2 Å². The minimum atomic E-state index is 0.317. The summed E-state index contributed by atoms with van der Waals surface area (Å²) in [5.74, 6) is 0.317. The van der Waals surface area contributed by atoms with Crippen molar-refractivity contribution in [3.8, 4) is 17.0 Å². The van der Waals surface area contributed by atoms with E-state index in [1.165, 1.54) is 5.56 Å². The Morgan fingerprint density at radius 3 is 2.47 bits per heavy atom. The van der Waals surface area contributed by atoms with E-state index >= 15 is 0 Å².